The number of fused-ring (bicyclic) bond motifs is 8. The smallest absolute Gasteiger partial charge is 0.306 e. The molecule has 15 atom stereocenters. The quantitative estimate of drug-likeness (QED) is 0.0885. The first kappa shape index (κ1) is 48.9. The molecular weight excluding hydrogens is 919 g/mol. The molecule has 15 heteroatoms. The van der Waals surface area contributed by atoms with E-state index >= 15 is 0 Å². The zero-order valence-electron chi connectivity index (χ0n) is 40.5. The van der Waals surface area contributed by atoms with Crippen LogP contribution in [0.2, 0.25) is 0 Å². The van der Waals surface area contributed by atoms with Gasteiger partial charge in [0.15, 0.2) is 16.9 Å². The number of carbonyl (C=O) groups is 1. The number of aliphatic hydroxyl groups excluding tert-OH is 4. The number of allylic oxidation sites excluding steroid dienone is 1. The minimum Gasteiger partial charge on any atom is -0.485 e. The van der Waals surface area contributed by atoms with E-state index in [1.54, 1.807) is 42.2 Å². The second-order valence-corrected chi connectivity index (χ2v) is 26.0. The van der Waals surface area contributed by atoms with Crippen LogP contribution in [-0.4, -0.2) is 120 Å². The average Bonchev–Trinajstić information content (AvgIpc) is 4.09. The molecule has 6 bridgehead atoms. The Kier molecular flexibility index (Phi) is 13.0. The van der Waals surface area contributed by atoms with Crippen LogP contribution in [0.3, 0.4) is 0 Å². The van der Waals surface area contributed by atoms with Crippen LogP contribution in [0.15, 0.2) is 47.1 Å². The van der Waals surface area contributed by atoms with Crippen LogP contribution < -0.4 is 14.8 Å². The van der Waals surface area contributed by atoms with Crippen LogP contribution >= 0.6 is 21.6 Å². The van der Waals surface area contributed by atoms with Gasteiger partial charge >= 0.3 is 5.97 Å². The first-order chi connectivity index (χ1) is 33.2. The third kappa shape index (κ3) is 7.65. The van der Waals surface area contributed by atoms with E-state index in [9.17, 15) is 35.4 Å². The summed E-state index contributed by atoms with van der Waals surface area (Å²) in [5.41, 5.74) is -5.22. The molecule has 5 aliphatic heterocycles. The molecule has 6 fully saturated rings. The Labute approximate surface area is 414 Å². The highest BCUT2D eigenvalue weighted by Gasteiger charge is 2.84. The molecular formula is C54H75NO12S2. The number of rotatable bonds is 5. The van der Waals surface area contributed by atoms with Gasteiger partial charge in [-0.25, -0.2) is 0 Å². The maximum atomic E-state index is 13.9. The Morgan fingerprint density at radius 2 is 1.74 bits per heavy atom. The van der Waals surface area contributed by atoms with Crippen molar-refractivity contribution in [2.75, 3.05) is 26.4 Å². The molecule has 12 rings (SSSR count). The number of furan rings is 1. The van der Waals surface area contributed by atoms with Crippen molar-refractivity contribution >= 4 is 38.5 Å². The van der Waals surface area contributed by atoms with Gasteiger partial charge in [0.2, 0.25) is 5.75 Å². The summed E-state index contributed by atoms with van der Waals surface area (Å²) in [7, 11) is 3.49. The van der Waals surface area contributed by atoms with Crippen LogP contribution in [-0.2, 0) is 20.7 Å². The van der Waals surface area contributed by atoms with E-state index in [2.05, 4.69) is 12.2 Å². The standard InChI is InChI=1S/C54H75NO12S2/c1-3-63-42(59)15-12-34-28-35-17-26-64-44(35)46-45(34)66-52-22-16-41-54(67-52,51(61)29-36-11-13-38(57)37(30-56)43(36)53(52,62)47(51)60)40(58)9-6-8-33(2)10-14-39(55-25-27-65-46)50(69-68-41)21-7-20-49(32-50)24-23-48(31-49)18-4-5-19-48/h11,13,16-17,22,26,28,33,36-41,43,47,55-58,60-62H,3-10,12,14-15,18-21,23-25,27,29-32H2,1-2H3. The zero-order chi connectivity index (χ0) is 48.0. The number of aliphatic hydroxyl groups is 6. The van der Waals surface area contributed by atoms with E-state index < -0.39 is 76.5 Å². The van der Waals surface area contributed by atoms with Gasteiger partial charge in [0.25, 0.3) is 5.79 Å². The van der Waals surface area contributed by atoms with Gasteiger partial charge in [-0.2, -0.15) is 0 Å². The highest BCUT2D eigenvalue weighted by atomic mass is 33.1. The minimum absolute atomic E-state index is 0.0114. The first-order valence-corrected chi connectivity index (χ1v) is 28.7. The summed E-state index contributed by atoms with van der Waals surface area (Å²) in [6.07, 6.45) is 21.1. The molecule has 5 spiro atoms. The average molecular weight is 994 g/mol. The summed E-state index contributed by atoms with van der Waals surface area (Å²) in [6, 6.07) is 3.77. The molecule has 0 radical (unpaired) electrons. The van der Waals surface area contributed by atoms with Crippen molar-refractivity contribution in [1.29, 1.82) is 0 Å². The van der Waals surface area contributed by atoms with Crippen molar-refractivity contribution in [3.63, 3.8) is 0 Å². The summed E-state index contributed by atoms with van der Waals surface area (Å²) < 4.78 is 33.2. The molecule has 10 aliphatic rings. The van der Waals surface area contributed by atoms with Crippen molar-refractivity contribution in [2.24, 2.45) is 34.5 Å². The van der Waals surface area contributed by atoms with Gasteiger partial charge in [-0.1, -0.05) is 78.8 Å². The number of esters is 1. The molecule has 4 saturated carbocycles. The SMILES string of the molecule is CCOC(=O)CCc1cc2ccoc2c2c1OC13C=CC4SSC5(CCCC6(CCC7(CCCC7)C6)C5)C(CCC(C)CCCC(O)C4(O1)C1(O)CC4C=CC(O)C(CO)C4C3(O)C1O)NCCO2. The van der Waals surface area contributed by atoms with Crippen molar-refractivity contribution in [3.05, 3.63) is 48.3 Å². The number of hydrogen-bond donors (Lipinski definition) is 7. The van der Waals surface area contributed by atoms with Crippen LogP contribution in [0.5, 0.6) is 11.5 Å². The topological polar surface area (TPSA) is 201 Å². The second-order valence-electron chi connectivity index (χ2n) is 23.2. The monoisotopic (exact) mass is 993 g/mol. The largest absolute Gasteiger partial charge is 0.485 e. The lowest BCUT2D eigenvalue weighted by molar-refractivity contribution is -0.457. The van der Waals surface area contributed by atoms with E-state index in [0.717, 1.165) is 38.5 Å². The van der Waals surface area contributed by atoms with Gasteiger partial charge in [-0.3, -0.25) is 4.79 Å². The first-order valence-electron chi connectivity index (χ1n) is 26.4. The third-order valence-electron chi connectivity index (χ3n) is 19.3. The van der Waals surface area contributed by atoms with Gasteiger partial charge in [-0.05, 0) is 137 Å². The number of ether oxygens (including phenoxy) is 4. The summed E-state index contributed by atoms with van der Waals surface area (Å²) in [6.45, 7) is 4.45. The lowest BCUT2D eigenvalue weighted by Crippen LogP contribution is -2.91. The number of nitrogens with one attached hydrogen (secondary N) is 1. The summed E-state index contributed by atoms with van der Waals surface area (Å²) >= 11 is 0. The molecule has 6 heterocycles. The third-order valence-corrected chi connectivity index (χ3v) is 23.0. The highest BCUT2D eigenvalue weighted by Crippen LogP contribution is 2.70. The lowest BCUT2D eigenvalue weighted by atomic mass is 9.46. The van der Waals surface area contributed by atoms with E-state index in [-0.39, 0.29) is 66.6 Å². The second kappa shape index (κ2) is 18.3. The number of aryl methyl sites for hydroxylation is 1. The molecule has 1 aromatic heterocycles. The van der Waals surface area contributed by atoms with Crippen molar-refractivity contribution in [3.8, 4) is 11.5 Å². The molecule has 0 amide bonds. The normalized spacial score (nSPS) is 44.8. The van der Waals surface area contributed by atoms with Gasteiger partial charge in [-0.15, -0.1) is 0 Å². The molecule has 380 valence electrons. The van der Waals surface area contributed by atoms with E-state index in [1.165, 1.54) is 51.4 Å². The maximum Gasteiger partial charge on any atom is 0.306 e. The predicted octanol–water partition coefficient (Wildman–Crippen LogP) is 7.45. The van der Waals surface area contributed by atoms with E-state index in [0.29, 0.717) is 40.8 Å². The van der Waals surface area contributed by atoms with E-state index in [4.69, 9.17) is 23.4 Å². The molecule has 2 aromatic rings. The Morgan fingerprint density at radius 3 is 2.55 bits per heavy atom. The predicted molar refractivity (Wildman–Crippen MR) is 264 cm³/mol. The molecule has 5 aliphatic carbocycles. The Hall–Kier alpha value is -2.31. The fourth-order valence-electron chi connectivity index (χ4n) is 16.1. The van der Waals surface area contributed by atoms with Gasteiger partial charge in [0, 0.05) is 47.6 Å². The lowest BCUT2D eigenvalue weighted by Gasteiger charge is -2.72. The van der Waals surface area contributed by atoms with Crippen LogP contribution in [0.1, 0.15) is 135 Å². The van der Waals surface area contributed by atoms with Crippen molar-refractivity contribution in [1.82, 2.24) is 5.32 Å². The summed E-state index contributed by atoms with van der Waals surface area (Å²) in [4.78, 5) is 13.1. The molecule has 2 saturated heterocycles. The number of hydrogen-bond acceptors (Lipinski definition) is 15. The fraction of sp³-hybridized carbons (Fsp3) is 0.759. The Morgan fingerprint density at radius 1 is 0.928 bits per heavy atom. The molecule has 69 heavy (non-hydrogen) atoms. The number of benzene rings is 1. The summed E-state index contributed by atoms with van der Waals surface area (Å²) in [5.74, 6) is -4.90. The molecule has 7 N–H and O–H groups in total. The Balaban J connectivity index is 1.13. The van der Waals surface area contributed by atoms with Crippen LogP contribution in [0.4, 0.5) is 0 Å². The fourth-order valence-corrected chi connectivity index (χ4v) is 20.3. The van der Waals surface area contributed by atoms with Crippen LogP contribution in [0, 0.1) is 34.5 Å². The molecule has 13 nitrogen and oxygen atoms in total. The van der Waals surface area contributed by atoms with Gasteiger partial charge < -0.3 is 59.3 Å². The van der Waals surface area contributed by atoms with Crippen molar-refractivity contribution in [2.45, 2.75) is 193 Å². The van der Waals surface area contributed by atoms with E-state index in [1.807, 2.05) is 29.0 Å². The molecule has 15 unspecified atom stereocenters. The Bertz CT molecular complexity index is 2300. The minimum atomic E-state index is -2.55. The number of carbonyl (C=O) groups excluding carboxylic acids is 1. The zero-order valence-corrected chi connectivity index (χ0v) is 42.1. The van der Waals surface area contributed by atoms with Crippen LogP contribution in [0.25, 0.3) is 11.0 Å². The summed E-state index contributed by atoms with van der Waals surface area (Å²) in [5, 5.41) is 81.0. The highest BCUT2D eigenvalue weighted by molar-refractivity contribution is 8.77. The van der Waals surface area contributed by atoms with Gasteiger partial charge in [0.05, 0.1) is 30.3 Å². The maximum absolute atomic E-state index is 13.9. The molecule has 1 aromatic carbocycles. The van der Waals surface area contributed by atoms with Gasteiger partial charge in [0.1, 0.15) is 23.9 Å². The van der Waals surface area contributed by atoms with Crippen molar-refractivity contribution < 1.29 is 58.8 Å².